The molecular weight excluding hydrogens is 244 g/mol. The highest BCUT2D eigenvalue weighted by Gasteiger charge is 2.22. The molecule has 0 radical (unpaired) electrons. The molecule has 0 atom stereocenters. The molecule has 0 spiro atoms. The Morgan fingerprint density at radius 1 is 1.11 bits per heavy atom. The molecule has 1 aliphatic rings. The molecule has 110 valence electrons. The lowest BCUT2D eigenvalue weighted by Crippen LogP contribution is -2.51. The Hall–Kier alpha value is -1.14. The highest BCUT2D eigenvalue weighted by molar-refractivity contribution is 5.78. The molecule has 1 saturated heterocycles. The Morgan fingerprint density at radius 2 is 1.68 bits per heavy atom. The van der Waals surface area contributed by atoms with E-state index in [1.165, 1.54) is 0 Å². The molecule has 0 aromatic rings. The van der Waals surface area contributed by atoms with Gasteiger partial charge in [0.25, 0.3) is 0 Å². The largest absolute Gasteiger partial charge is 0.342 e. The van der Waals surface area contributed by atoms with Crippen LogP contribution >= 0.6 is 0 Å². The summed E-state index contributed by atoms with van der Waals surface area (Å²) in [6.45, 7) is 9.28. The number of nitrogens with two attached hydrogens (primary N) is 1. The van der Waals surface area contributed by atoms with Crippen molar-refractivity contribution in [1.82, 2.24) is 14.7 Å². The van der Waals surface area contributed by atoms with E-state index in [1.807, 2.05) is 23.6 Å². The standard InChI is InChI=1S/C13H26N4O2/c1-3-16(4-2)13(19)11-15-7-9-17(10-8-15)12(18)5-6-14/h3-11,14H2,1-2H3. The van der Waals surface area contributed by atoms with Crippen LogP contribution in [0.3, 0.4) is 0 Å². The van der Waals surface area contributed by atoms with E-state index in [4.69, 9.17) is 5.73 Å². The summed E-state index contributed by atoms with van der Waals surface area (Å²) < 4.78 is 0. The number of hydrogen-bond donors (Lipinski definition) is 1. The van der Waals surface area contributed by atoms with Crippen LogP contribution in [0.2, 0.25) is 0 Å². The smallest absolute Gasteiger partial charge is 0.236 e. The van der Waals surface area contributed by atoms with Crippen LogP contribution < -0.4 is 5.73 Å². The van der Waals surface area contributed by atoms with E-state index in [0.717, 1.165) is 26.2 Å². The summed E-state index contributed by atoms with van der Waals surface area (Å²) in [5, 5.41) is 0. The van der Waals surface area contributed by atoms with E-state index in [-0.39, 0.29) is 11.8 Å². The first-order chi connectivity index (χ1) is 9.12. The predicted molar refractivity (Wildman–Crippen MR) is 74.6 cm³/mol. The Kier molecular flexibility index (Phi) is 6.80. The zero-order valence-electron chi connectivity index (χ0n) is 12.1. The highest BCUT2D eigenvalue weighted by Crippen LogP contribution is 2.04. The number of nitrogens with zero attached hydrogens (tertiary/aromatic N) is 3. The van der Waals surface area contributed by atoms with Gasteiger partial charge in [-0.2, -0.15) is 0 Å². The molecule has 1 rings (SSSR count). The first kappa shape index (κ1) is 15.9. The maximum absolute atomic E-state index is 12.0. The lowest BCUT2D eigenvalue weighted by atomic mass is 10.2. The zero-order valence-corrected chi connectivity index (χ0v) is 12.1. The second-order valence-electron chi connectivity index (χ2n) is 4.76. The summed E-state index contributed by atoms with van der Waals surface area (Å²) in [4.78, 5) is 29.5. The maximum Gasteiger partial charge on any atom is 0.236 e. The van der Waals surface area contributed by atoms with Gasteiger partial charge in [-0.3, -0.25) is 14.5 Å². The fourth-order valence-corrected chi connectivity index (χ4v) is 2.30. The first-order valence-corrected chi connectivity index (χ1v) is 7.10. The SMILES string of the molecule is CCN(CC)C(=O)CN1CCN(C(=O)CCN)CC1. The van der Waals surface area contributed by atoms with Crippen molar-refractivity contribution in [2.45, 2.75) is 20.3 Å². The quantitative estimate of drug-likeness (QED) is 0.696. The van der Waals surface area contributed by atoms with Gasteiger partial charge in [0, 0.05) is 52.2 Å². The Labute approximate surface area is 115 Å². The van der Waals surface area contributed by atoms with Crippen molar-refractivity contribution in [3.05, 3.63) is 0 Å². The van der Waals surface area contributed by atoms with E-state index in [1.54, 1.807) is 0 Å². The van der Waals surface area contributed by atoms with Crippen molar-refractivity contribution < 1.29 is 9.59 Å². The van der Waals surface area contributed by atoms with Crippen molar-refractivity contribution >= 4 is 11.8 Å². The van der Waals surface area contributed by atoms with Crippen molar-refractivity contribution in [2.75, 3.05) is 52.4 Å². The van der Waals surface area contributed by atoms with Crippen LogP contribution in [0, 0.1) is 0 Å². The minimum absolute atomic E-state index is 0.122. The third-order valence-electron chi connectivity index (χ3n) is 3.56. The van der Waals surface area contributed by atoms with Crippen LogP contribution in [0.25, 0.3) is 0 Å². The lowest BCUT2D eigenvalue weighted by molar-refractivity contribution is -0.134. The number of amides is 2. The van der Waals surface area contributed by atoms with Crippen LogP contribution in [-0.4, -0.2) is 78.9 Å². The molecule has 1 fully saturated rings. The summed E-state index contributed by atoms with van der Waals surface area (Å²) in [7, 11) is 0. The summed E-state index contributed by atoms with van der Waals surface area (Å²) in [6.07, 6.45) is 0.415. The van der Waals surface area contributed by atoms with E-state index < -0.39 is 0 Å². The van der Waals surface area contributed by atoms with Gasteiger partial charge in [0.05, 0.1) is 6.54 Å². The van der Waals surface area contributed by atoms with Crippen LogP contribution in [0.1, 0.15) is 20.3 Å². The molecule has 19 heavy (non-hydrogen) atoms. The molecule has 0 unspecified atom stereocenters. The van der Waals surface area contributed by atoms with E-state index in [2.05, 4.69) is 4.90 Å². The molecule has 0 aliphatic carbocycles. The van der Waals surface area contributed by atoms with Crippen LogP contribution in [-0.2, 0) is 9.59 Å². The lowest BCUT2D eigenvalue weighted by Gasteiger charge is -2.35. The maximum atomic E-state index is 12.0. The molecule has 6 heteroatoms. The number of rotatable bonds is 6. The normalized spacial score (nSPS) is 16.5. The number of carbonyl (C=O) groups excluding carboxylic acids is 2. The number of piperazine rings is 1. The van der Waals surface area contributed by atoms with Gasteiger partial charge in [0.15, 0.2) is 0 Å². The fourth-order valence-electron chi connectivity index (χ4n) is 2.30. The molecule has 1 heterocycles. The van der Waals surface area contributed by atoms with Crippen molar-refractivity contribution in [3.63, 3.8) is 0 Å². The predicted octanol–water partition coefficient (Wildman–Crippen LogP) is -0.652. The monoisotopic (exact) mass is 270 g/mol. The van der Waals surface area contributed by atoms with Gasteiger partial charge in [-0.15, -0.1) is 0 Å². The molecule has 0 aromatic heterocycles. The topological polar surface area (TPSA) is 69.9 Å². The average molecular weight is 270 g/mol. The second-order valence-corrected chi connectivity index (χ2v) is 4.76. The van der Waals surface area contributed by atoms with Gasteiger partial charge >= 0.3 is 0 Å². The van der Waals surface area contributed by atoms with Crippen molar-refractivity contribution in [1.29, 1.82) is 0 Å². The Morgan fingerprint density at radius 3 is 2.16 bits per heavy atom. The van der Waals surface area contributed by atoms with Gasteiger partial charge in [-0.25, -0.2) is 0 Å². The van der Waals surface area contributed by atoms with Gasteiger partial charge in [0.1, 0.15) is 0 Å². The summed E-state index contributed by atoms with van der Waals surface area (Å²) >= 11 is 0. The van der Waals surface area contributed by atoms with E-state index >= 15 is 0 Å². The molecule has 6 nitrogen and oxygen atoms in total. The van der Waals surface area contributed by atoms with E-state index in [9.17, 15) is 9.59 Å². The molecule has 2 amide bonds. The van der Waals surface area contributed by atoms with Crippen molar-refractivity contribution in [2.24, 2.45) is 5.73 Å². The van der Waals surface area contributed by atoms with Crippen LogP contribution in [0.5, 0.6) is 0 Å². The third-order valence-corrected chi connectivity index (χ3v) is 3.56. The van der Waals surface area contributed by atoms with Gasteiger partial charge in [0.2, 0.25) is 11.8 Å². The molecule has 0 saturated carbocycles. The van der Waals surface area contributed by atoms with E-state index in [0.29, 0.717) is 32.6 Å². The average Bonchev–Trinajstić information content (AvgIpc) is 2.41. The van der Waals surface area contributed by atoms with Gasteiger partial charge < -0.3 is 15.5 Å². The molecule has 2 N–H and O–H groups in total. The van der Waals surface area contributed by atoms with Crippen LogP contribution in [0.15, 0.2) is 0 Å². The number of carbonyl (C=O) groups is 2. The zero-order chi connectivity index (χ0) is 14.3. The summed E-state index contributed by atoms with van der Waals surface area (Å²) in [6, 6.07) is 0. The minimum Gasteiger partial charge on any atom is -0.342 e. The summed E-state index contributed by atoms with van der Waals surface area (Å²) in [5.74, 6) is 0.295. The van der Waals surface area contributed by atoms with Gasteiger partial charge in [-0.1, -0.05) is 0 Å². The van der Waals surface area contributed by atoms with Gasteiger partial charge in [-0.05, 0) is 13.8 Å². The third kappa shape index (κ3) is 4.80. The number of likely N-dealkylation sites (N-methyl/N-ethyl adjacent to an activating group) is 1. The molecule has 1 aliphatic heterocycles. The number of hydrogen-bond acceptors (Lipinski definition) is 4. The fraction of sp³-hybridized carbons (Fsp3) is 0.846. The molecule has 0 aromatic carbocycles. The molecule has 0 bridgehead atoms. The Balaban J connectivity index is 2.34. The van der Waals surface area contributed by atoms with Crippen molar-refractivity contribution in [3.8, 4) is 0 Å². The Bertz CT molecular complexity index is 297. The highest BCUT2D eigenvalue weighted by atomic mass is 16.2. The molecular formula is C13H26N4O2. The van der Waals surface area contributed by atoms with Crippen LogP contribution in [0.4, 0.5) is 0 Å². The second kappa shape index (κ2) is 8.12. The minimum atomic E-state index is 0.122. The first-order valence-electron chi connectivity index (χ1n) is 7.10. The summed E-state index contributed by atoms with van der Waals surface area (Å²) in [5.41, 5.74) is 5.39.